The van der Waals surface area contributed by atoms with Crippen LogP contribution >= 0.6 is 23.2 Å². The third kappa shape index (κ3) is 2.88. The number of ether oxygens (including phenoxy) is 1. The summed E-state index contributed by atoms with van der Waals surface area (Å²) in [6, 6.07) is 8.64. The fraction of sp³-hybridized carbons (Fsp3) is 0.0833. The lowest BCUT2D eigenvalue weighted by Crippen LogP contribution is -1.92. The lowest BCUT2D eigenvalue weighted by Gasteiger charge is -2.08. The SMILES string of the molecule is OCc1cnc(Oc2ccccc2Cl)c(Cl)c1. The standard InChI is InChI=1S/C12H9Cl2NO2/c13-9-3-1-2-4-11(9)17-12-10(14)5-8(7-16)6-15-12/h1-6,16H,7H2. The second-order valence-electron chi connectivity index (χ2n) is 3.32. The number of hydrogen-bond acceptors (Lipinski definition) is 3. The highest BCUT2D eigenvalue weighted by molar-refractivity contribution is 6.32. The first-order valence-corrected chi connectivity index (χ1v) is 5.64. The molecule has 0 bridgehead atoms. The van der Waals surface area contributed by atoms with Crippen molar-refractivity contribution in [1.82, 2.24) is 4.98 Å². The van der Waals surface area contributed by atoms with E-state index in [2.05, 4.69) is 4.98 Å². The van der Waals surface area contributed by atoms with Gasteiger partial charge in [0.05, 0.1) is 11.6 Å². The van der Waals surface area contributed by atoms with Crippen molar-refractivity contribution >= 4 is 23.2 Å². The molecule has 0 unspecified atom stereocenters. The van der Waals surface area contributed by atoms with Crippen LogP contribution in [-0.2, 0) is 6.61 Å². The average molecular weight is 270 g/mol. The number of aliphatic hydroxyl groups excluding tert-OH is 1. The molecule has 0 aliphatic rings. The molecule has 0 saturated heterocycles. The van der Waals surface area contributed by atoms with Crippen LogP contribution in [0.2, 0.25) is 10.0 Å². The quantitative estimate of drug-likeness (QED) is 0.925. The van der Waals surface area contributed by atoms with Gasteiger partial charge in [0.1, 0.15) is 10.8 Å². The van der Waals surface area contributed by atoms with Crippen LogP contribution in [0.4, 0.5) is 0 Å². The molecule has 0 spiro atoms. The largest absolute Gasteiger partial charge is 0.436 e. The molecule has 2 aromatic rings. The van der Waals surface area contributed by atoms with Gasteiger partial charge in [-0.25, -0.2) is 4.98 Å². The van der Waals surface area contributed by atoms with Crippen molar-refractivity contribution in [2.45, 2.75) is 6.61 Å². The topological polar surface area (TPSA) is 42.4 Å². The van der Waals surface area contributed by atoms with E-state index in [1.807, 2.05) is 0 Å². The van der Waals surface area contributed by atoms with Gasteiger partial charge in [0.2, 0.25) is 5.88 Å². The molecule has 0 aliphatic carbocycles. The number of para-hydroxylation sites is 1. The Labute approximate surface area is 109 Å². The van der Waals surface area contributed by atoms with Gasteiger partial charge in [-0.1, -0.05) is 35.3 Å². The third-order valence-electron chi connectivity index (χ3n) is 2.09. The summed E-state index contributed by atoms with van der Waals surface area (Å²) in [5, 5.41) is 9.74. The van der Waals surface area contributed by atoms with Gasteiger partial charge in [-0.3, -0.25) is 0 Å². The smallest absolute Gasteiger partial charge is 0.238 e. The van der Waals surface area contributed by atoms with Crippen LogP contribution in [-0.4, -0.2) is 10.1 Å². The molecule has 1 aromatic heterocycles. The van der Waals surface area contributed by atoms with Crippen molar-refractivity contribution in [1.29, 1.82) is 0 Å². The second-order valence-corrected chi connectivity index (χ2v) is 4.14. The van der Waals surface area contributed by atoms with Crippen LogP contribution in [0, 0.1) is 0 Å². The van der Waals surface area contributed by atoms with E-state index in [9.17, 15) is 0 Å². The molecule has 3 nitrogen and oxygen atoms in total. The third-order valence-corrected chi connectivity index (χ3v) is 2.67. The molecular formula is C12H9Cl2NO2. The number of pyridine rings is 1. The van der Waals surface area contributed by atoms with E-state index in [-0.39, 0.29) is 12.5 Å². The summed E-state index contributed by atoms with van der Waals surface area (Å²) in [6.45, 7) is -0.112. The van der Waals surface area contributed by atoms with E-state index in [0.29, 0.717) is 21.4 Å². The summed E-state index contributed by atoms with van der Waals surface area (Å²) in [5.41, 5.74) is 0.626. The van der Waals surface area contributed by atoms with Gasteiger partial charge in [-0.05, 0) is 23.8 Å². The van der Waals surface area contributed by atoms with Crippen molar-refractivity contribution < 1.29 is 9.84 Å². The maximum Gasteiger partial charge on any atom is 0.238 e. The Morgan fingerprint density at radius 1 is 1.18 bits per heavy atom. The van der Waals surface area contributed by atoms with Crippen LogP contribution < -0.4 is 4.74 Å². The fourth-order valence-corrected chi connectivity index (χ4v) is 1.66. The van der Waals surface area contributed by atoms with E-state index in [1.54, 1.807) is 30.3 Å². The minimum absolute atomic E-state index is 0.112. The molecule has 0 amide bonds. The van der Waals surface area contributed by atoms with E-state index >= 15 is 0 Å². The van der Waals surface area contributed by atoms with Crippen molar-refractivity contribution in [3.8, 4) is 11.6 Å². The first-order valence-electron chi connectivity index (χ1n) is 4.88. The van der Waals surface area contributed by atoms with E-state index in [0.717, 1.165) is 0 Å². The molecule has 17 heavy (non-hydrogen) atoms. The lowest BCUT2D eigenvalue weighted by molar-refractivity contribution is 0.281. The van der Waals surface area contributed by atoms with Gasteiger partial charge in [-0.15, -0.1) is 0 Å². The number of aromatic nitrogens is 1. The molecule has 2 rings (SSSR count). The van der Waals surface area contributed by atoms with Gasteiger partial charge in [0.15, 0.2) is 0 Å². The minimum atomic E-state index is -0.112. The Bertz CT molecular complexity index is 532. The molecule has 88 valence electrons. The number of benzene rings is 1. The lowest BCUT2D eigenvalue weighted by atomic mass is 10.3. The Hall–Kier alpha value is -1.29. The summed E-state index contributed by atoms with van der Waals surface area (Å²) < 4.78 is 5.48. The molecule has 1 aromatic carbocycles. The van der Waals surface area contributed by atoms with Gasteiger partial charge >= 0.3 is 0 Å². The van der Waals surface area contributed by atoms with Gasteiger partial charge in [0.25, 0.3) is 0 Å². The van der Waals surface area contributed by atoms with E-state index < -0.39 is 0 Å². The highest BCUT2D eigenvalue weighted by Crippen LogP contribution is 2.31. The maximum atomic E-state index is 8.93. The molecule has 0 radical (unpaired) electrons. The normalized spacial score (nSPS) is 10.3. The fourth-order valence-electron chi connectivity index (χ4n) is 1.26. The molecule has 0 atom stereocenters. The van der Waals surface area contributed by atoms with Gasteiger partial charge < -0.3 is 9.84 Å². The second kappa shape index (κ2) is 5.36. The zero-order valence-corrected chi connectivity index (χ0v) is 10.2. The van der Waals surface area contributed by atoms with Crippen LogP contribution in [0.15, 0.2) is 36.5 Å². The Morgan fingerprint density at radius 2 is 1.94 bits per heavy atom. The van der Waals surface area contributed by atoms with Crippen LogP contribution in [0.25, 0.3) is 0 Å². The van der Waals surface area contributed by atoms with Crippen LogP contribution in [0.3, 0.4) is 0 Å². The number of nitrogens with zero attached hydrogens (tertiary/aromatic N) is 1. The van der Waals surface area contributed by atoms with Crippen LogP contribution in [0.1, 0.15) is 5.56 Å². The van der Waals surface area contributed by atoms with Crippen molar-refractivity contribution in [3.05, 3.63) is 52.1 Å². The summed E-state index contributed by atoms with van der Waals surface area (Å²) in [4.78, 5) is 4.01. The van der Waals surface area contributed by atoms with E-state index in [1.165, 1.54) is 6.20 Å². The summed E-state index contributed by atoms with van der Waals surface area (Å²) in [5.74, 6) is 0.747. The predicted octanol–water partition coefficient (Wildman–Crippen LogP) is 3.67. The minimum Gasteiger partial charge on any atom is -0.436 e. The molecule has 5 heteroatoms. The molecule has 1 heterocycles. The van der Waals surface area contributed by atoms with Gasteiger partial charge in [-0.2, -0.15) is 0 Å². The summed E-state index contributed by atoms with van der Waals surface area (Å²) >= 11 is 11.9. The number of hydrogen-bond donors (Lipinski definition) is 1. The Morgan fingerprint density at radius 3 is 2.59 bits per heavy atom. The number of aliphatic hydroxyl groups is 1. The summed E-state index contributed by atoms with van der Waals surface area (Å²) in [7, 11) is 0. The van der Waals surface area contributed by atoms with Crippen LogP contribution in [0.5, 0.6) is 11.6 Å². The maximum absolute atomic E-state index is 8.93. The monoisotopic (exact) mass is 269 g/mol. The zero-order chi connectivity index (χ0) is 12.3. The molecule has 1 N–H and O–H groups in total. The van der Waals surface area contributed by atoms with E-state index in [4.69, 9.17) is 33.0 Å². The van der Waals surface area contributed by atoms with Crippen molar-refractivity contribution in [2.24, 2.45) is 0 Å². The molecule has 0 aliphatic heterocycles. The number of halogens is 2. The zero-order valence-electron chi connectivity index (χ0n) is 8.73. The molecular weight excluding hydrogens is 261 g/mol. The average Bonchev–Trinajstić information content (AvgIpc) is 2.34. The Balaban J connectivity index is 2.28. The molecule has 0 fully saturated rings. The first kappa shape index (κ1) is 12.2. The molecule has 0 saturated carbocycles. The Kier molecular flexibility index (Phi) is 3.84. The van der Waals surface area contributed by atoms with Crippen molar-refractivity contribution in [2.75, 3.05) is 0 Å². The number of rotatable bonds is 3. The van der Waals surface area contributed by atoms with Gasteiger partial charge in [0, 0.05) is 6.20 Å². The van der Waals surface area contributed by atoms with Crippen molar-refractivity contribution in [3.63, 3.8) is 0 Å². The predicted molar refractivity (Wildman–Crippen MR) is 66.7 cm³/mol. The highest BCUT2D eigenvalue weighted by atomic mass is 35.5. The summed E-state index contributed by atoms with van der Waals surface area (Å²) in [6.07, 6.45) is 1.50. The highest BCUT2D eigenvalue weighted by Gasteiger charge is 2.08. The first-order chi connectivity index (χ1) is 8.20.